The van der Waals surface area contributed by atoms with Crippen LogP contribution >= 0.6 is 0 Å². The molecule has 0 radical (unpaired) electrons. The summed E-state index contributed by atoms with van der Waals surface area (Å²) in [5.41, 5.74) is -4.90. The van der Waals surface area contributed by atoms with E-state index in [1.54, 1.807) is 0 Å². The normalized spacial score (nSPS) is 11.6. The lowest BCUT2D eigenvalue weighted by atomic mass is 10.2. The molecule has 0 heterocycles. The molecule has 2 aromatic rings. The lowest BCUT2D eigenvalue weighted by molar-refractivity contribution is -0.114. The van der Waals surface area contributed by atoms with Gasteiger partial charge < -0.3 is 15.4 Å². The number of alkyl halides is 3. The highest BCUT2D eigenvalue weighted by Gasteiger charge is 2.46. The number of rotatable bonds is 5. The van der Waals surface area contributed by atoms with Crippen LogP contribution in [0.4, 0.5) is 24.5 Å². The van der Waals surface area contributed by atoms with Crippen molar-refractivity contribution in [2.24, 2.45) is 0 Å². The van der Waals surface area contributed by atoms with Crippen LogP contribution in [0.3, 0.4) is 0 Å². The first-order chi connectivity index (χ1) is 13.0. The third-order valence-electron chi connectivity index (χ3n) is 3.50. The molecule has 0 saturated carbocycles. The van der Waals surface area contributed by atoms with Crippen molar-refractivity contribution in [3.05, 3.63) is 48.0 Å². The topological polar surface area (TPSA) is 102 Å². The molecule has 150 valence electrons. The summed E-state index contributed by atoms with van der Waals surface area (Å²) in [4.78, 5) is 22.5. The summed E-state index contributed by atoms with van der Waals surface area (Å²) < 4.78 is 65.4. The van der Waals surface area contributed by atoms with Crippen LogP contribution < -0.4 is 15.4 Å². The Balaban J connectivity index is 2.23. The molecular weight excluding hydrogens is 401 g/mol. The van der Waals surface area contributed by atoms with Crippen molar-refractivity contribution < 1.29 is 35.9 Å². The fourth-order valence-corrected chi connectivity index (χ4v) is 2.96. The molecule has 11 heteroatoms. The molecule has 2 amide bonds. The van der Waals surface area contributed by atoms with E-state index in [-0.39, 0.29) is 17.2 Å². The minimum atomic E-state index is -5.49. The van der Waals surface area contributed by atoms with Crippen LogP contribution in [0.2, 0.25) is 0 Å². The van der Waals surface area contributed by atoms with Crippen LogP contribution in [-0.4, -0.2) is 32.9 Å². The summed E-state index contributed by atoms with van der Waals surface area (Å²) in [5.74, 6) is -0.687. The van der Waals surface area contributed by atoms with Gasteiger partial charge in [-0.1, -0.05) is 0 Å². The van der Waals surface area contributed by atoms with Crippen LogP contribution in [-0.2, 0) is 14.6 Å². The Kier molecular flexibility index (Phi) is 5.98. The van der Waals surface area contributed by atoms with Gasteiger partial charge in [0.25, 0.3) is 15.7 Å². The summed E-state index contributed by atoms with van der Waals surface area (Å²) in [6, 6.07) is 7.76. The molecule has 0 aliphatic rings. The van der Waals surface area contributed by atoms with E-state index in [1.807, 2.05) is 0 Å². The second-order valence-corrected chi connectivity index (χ2v) is 7.47. The Hall–Kier alpha value is -3.08. The van der Waals surface area contributed by atoms with Crippen molar-refractivity contribution in [1.29, 1.82) is 0 Å². The van der Waals surface area contributed by atoms with Gasteiger partial charge in [-0.3, -0.25) is 9.59 Å². The van der Waals surface area contributed by atoms with E-state index in [0.29, 0.717) is 23.6 Å². The molecule has 2 aromatic carbocycles. The largest absolute Gasteiger partial charge is 0.501 e. The number of hydrogen-bond acceptors (Lipinski definition) is 5. The van der Waals surface area contributed by atoms with E-state index in [0.717, 1.165) is 12.1 Å². The maximum absolute atomic E-state index is 12.5. The monoisotopic (exact) mass is 416 g/mol. The molecule has 0 saturated heterocycles. The standard InChI is InChI=1S/C17H15F3N2O5S/c1-10(23)21-14-9-12(5-8-15(14)27-2)22-16(24)11-3-6-13(7-4-11)28(25,26)17(18,19)20/h3-9H,1-2H3,(H,21,23)(H,22,24). The molecule has 0 aliphatic heterocycles. The molecule has 0 atom stereocenters. The molecule has 0 fully saturated rings. The van der Waals surface area contributed by atoms with Crippen LogP contribution in [0.25, 0.3) is 0 Å². The molecule has 2 rings (SSSR count). The SMILES string of the molecule is COc1ccc(NC(=O)c2ccc(S(=O)(=O)C(F)(F)F)cc2)cc1NC(C)=O. The predicted octanol–water partition coefficient (Wildman–Crippen LogP) is 3.20. The molecule has 2 N–H and O–H groups in total. The average molecular weight is 416 g/mol. The highest BCUT2D eigenvalue weighted by atomic mass is 32.2. The smallest absolute Gasteiger partial charge is 0.495 e. The fourth-order valence-electron chi connectivity index (χ4n) is 2.20. The number of benzene rings is 2. The van der Waals surface area contributed by atoms with E-state index in [4.69, 9.17) is 4.74 Å². The van der Waals surface area contributed by atoms with Crippen LogP contribution in [0.1, 0.15) is 17.3 Å². The predicted molar refractivity (Wildman–Crippen MR) is 94.9 cm³/mol. The van der Waals surface area contributed by atoms with Gasteiger partial charge in [0.15, 0.2) is 0 Å². The van der Waals surface area contributed by atoms with E-state index in [9.17, 15) is 31.2 Å². The quantitative estimate of drug-likeness (QED) is 0.780. The number of hydrogen-bond donors (Lipinski definition) is 2. The summed E-state index contributed by atoms with van der Waals surface area (Å²) in [5, 5.41) is 5.02. The summed E-state index contributed by atoms with van der Waals surface area (Å²) in [7, 11) is -4.09. The highest BCUT2D eigenvalue weighted by molar-refractivity contribution is 7.92. The number of halogens is 3. The zero-order valence-electron chi connectivity index (χ0n) is 14.6. The first-order valence-electron chi connectivity index (χ1n) is 7.64. The number of ether oxygens (including phenoxy) is 1. The lowest BCUT2D eigenvalue weighted by Crippen LogP contribution is -2.23. The summed E-state index contributed by atoms with van der Waals surface area (Å²) in [6.45, 7) is 1.29. The molecule has 0 bridgehead atoms. The highest BCUT2D eigenvalue weighted by Crippen LogP contribution is 2.31. The van der Waals surface area contributed by atoms with Gasteiger partial charge in [0.1, 0.15) is 5.75 Å². The fraction of sp³-hybridized carbons (Fsp3) is 0.176. The van der Waals surface area contributed by atoms with Crippen LogP contribution in [0, 0.1) is 0 Å². The summed E-state index contributed by atoms with van der Waals surface area (Å²) >= 11 is 0. The zero-order chi connectivity index (χ0) is 21.1. The number of carbonyl (C=O) groups excluding carboxylic acids is 2. The maximum Gasteiger partial charge on any atom is 0.501 e. The molecule has 0 unspecified atom stereocenters. The molecule has 28 heavy (non-hydrogen) atoms. The lowest BCUT2D eigenvalue weighted by Gasteiger charge is -2.12. The number of anilines is 2. The van der Waals surface area contributed by atoms with Crippen LogP contribution in [0.5, 0.6) is 5.75 Å². The van der Waals surface area contributed by atoms with Gasteiger partial charge in [0, 0.05) is 18.2 Å². The first kappa shape index (κ1) is 21.2. The Morgan fingerprint density at radius 1 is 1.00 bits per heavy atom. The number of sulfone groups is 1. The molecule has 7 nitrogen and oxygen atoms in total. The van der Waals surface area contributed by atoms with E-state index in [2.05, 4.69) is 10.6 Å². The Morgan fingerprint density at radius 3 is 2.11 bits per heavy atom. The number of nitrogens with one attached hydrogen (secondary N) is 2. The molecule has 0 spiro atoms. The van der Waals surface area contributed by atoms with Gasteiger partial charge in [-0.25, -0.2) is 8.42 Å². The zero-order valence-corrected chi connectivity index (χ0v) is 15.4. The number of methoxy groups -OCH3 is 1. The number of carbonyl (C=O) groups is 2. The van der Waals surface area contributed by atoms with Crippen molar-refractivity contribution in [3.8, 4) is 5.75 Å². The Morgan fingerprint density at radius 2 is 1.61 bits per heavy atom. The van der Waals surface area contributed by atoms with E-state index < -0.39 is 26.1 Å². The van der Waals surface area contributed by atoms with Gasteiger partial charge in [0.2, 0.25) is 5.91 Å². The second kappa shape index (κ2) is 7.89. The van der Waals surface area contributed by atoms with Gasteiger partial charge in [-0.05, 0) is 42.5 Å². The molecule has 0 aliphatic carbocycles. The number of amides is 2. The average Bonchev–Trinajstić information content (AvgIpc) is 2.60. The van der Waals surface area contributed by atoms with Gasteiger partial charge >= 0.3 is 5.51 Å². The maximum atomic E-state index is 12.5. The second-order valence-electron chi connectivity index (χ2n) is 5.52. The first-order valence-corrected chi connectivity index (χ1v) is 9.12. The van der Waals surface area contributed by atoms with E-state index >= 15 is 0 Å². The van der Waals surface area contributed by atoms with E-state index in [1.165, 1.54) is 32.2 Å². The summed E-state index contributed by atoms with van der Waals surface area (Å²) in [6.07, 6.45) is 0. The van der Waals surface area contributed by atoms with Gasteiger partial charge in [-0.2, -0.15) is 13.2 Å². The molecule has 0 aromatic heterocycles. The minimum absolute atomic E-state index is 0.0574. The van der Waals surface area contributed by atoms with Gasteiger partial charge in [-0.15, -0.1) is 0 Å². The Labute approximate surface area is 158 Å². The van der Waals surface area contributed by atoms with Gasteiger partial charge in [0.05, 0.1) is 17.7 Å². The van der Waals surface area contributed by atoms with Crippen molar-refractivity contribution in [2.75, 3.05) is 17.7 Å². The third kappa shape index (κ3) is 4.60. The Bertz CT molecular complexity index is 1000. The van der Waals surface area contributed by atoms with Crippen molar-refractivity contribution >= 4 is 33.0 Å². The third-order valence-corrected chi connectivity index (χ3v) is 5.00. The van der Waals surface area contributed by atoms with Crippen molar-refractivity contribution in [1.82, 2.24) is 0 Å². The van der Waals surface area contributed by atoms with Crippen LogP contribution in [0.15, 0.2) is 47.4 Å². The van der Waals surface area contributed by atoms with Crippen molar-refractivity contribution in [3.63, 3.8) is 0 Å². The minimum Gasteiger partial charge on any atom is -0.495 e. The molecular formula is C17H15F3N2O5S. The van der Waals surface area contributed by atoms with Crippen molar-refractivity contribution in [2.45, 2.75) is 17.3 Å².